The van der Waals surface area contributed by atoms with Crippen molar-refractivity contribution in [1.82, 2.24) is 0 Å². The minimum atomic E-state index is -0.511. The summed E-state index contributed by atoms with van der Waals surface area (Å²) in [6, 6.07) is 0. The van der Waals surface area contributed by atoms with E-state index in [0.717, 1.165) is 11.1 Å². The van der Waals surface area contributed by atoms with Crippen molar-refractivity contribution in [2.45, 2.75) is 52.2 Å². The van der Waals surface area contributed by atoms with Gasteiger partial charge in [0.2, 0.25) is 0 Å². The van der Waals surface area contributed by atoms with Crippen LogP contribution in [0.2, 0.25) is 0 Å². The highest BCUT2D eigenvalue weighted by atomic mass is 16.3. The molecular weight excluding hydrogens is 212 g/mol. The van der Waals surface area contributed by atoms with Gasteiger partial charge in [0, 0.05) is 0 Å². The lowest BCUT2D eigenvalue weighted by molar-refractivity contribution is 0.161. The Morgan fingerprint density at radius 3 is 2.59 bits per heavy atom. The number of hydrogen-bond acceptors (Lipinski definition) is 2. The second-order valence-corrected chi connectivity index (χ2v) is 5.67. The summed E-state index contributed by atoms with van der Waals surface area (Å²) in [6.07, 6.45) is 7.06. The summed E-state index contributed by atoms with van der Waals surface area (Å²) in [4.78, 5) is 0. The maximum Gasteiger partial charge on any atom is 0.0785 e. The monoisotopic (exact) mass is 236 g/mol. The van der Waals surface area contributed by atoms with E-state index in [-0.39, 0.29) is 5.41 Å². The summed E-state index contributed by atoms with van der Waals surface area (Å²) in [6.45, 7) is 10.0. The van der Waals surface area contributed by atoms with Gasteiger partial charge in [0.15, 0.2) is 0 Å². The molecule has 17 heavy (non-hydrogen) atoms. The number of hydrogen-bond donors (Lipinski definition) is 2. The molecule has 1 aliphatic carbocycles. The molecule has 1 unspecified atom stereocenters. The Hall–Kier alpha value is -0.860. The van der Waals surface area contributed by atoms with Crippen LogP contribution in [0.15, 0.2) is 36.0 Å². The van der Waals surface area contributed by atoms with E-state index in [2.05, 4.69) is 26.5 Å². The minimum absolute atomic E-state index is 0.0376. The normalized spacial score (nSPS) is 35.6. The van der Waals surface area contributed by atoms with Crippen LogP contribution in [0.25, 0.3) is 0 Å². The Balaban J connectivity index is 2.93. The first kappa shape index (κ1) is 14.2. The van der Waals surface area contributed by atoms with Crippen LogP contribution in [-0.4, -0.2) is 22.4 Å². The highest BCUT2D eigenvalue weighted by molar-refractivity contribution is 5.15. The smallest absolute Gasteiger partial charge is 0.0785 e. The van der Waals surface area contributed by atoms with Gasteiger partial charge in [-0.15, -0.1) is 0 Å². The van der Waals surface area contributed by atoms with Crippen molar-refractivity contribution in [2.24, 2.45) is 5.41 Å². The van der Waals surface area contributed by atoms with Crippen molar-refractivity contribution < 1.29 is 10.2 Å². The number of rotatable bonds is 0. The van der Waals surface area contributed by atoms with Crippen molar-refractivity contribution >= 4 is 0 Å². The van der Waals surface area contributed by atoms with Gasteiger partial charge in [-0.1, -0.05) is 38.7 Å². The van der Waals surface area contributed by atoms with E-state index < -0.39 is 12.2 Å². The van der Waals surface area contributed by atoms with Gasteiger partial charge < -0.3 is 10.2 Å². The second-order valence-electron chi connectivity index (χ2n) is 5.67. The van der Waals surface area contributed by atoms with E-state index in [1.807, 2.05) is 19.1 Å². The summed E-state index contributed by atoms with van der Waals surface area (Å²) >= 11 is 0. The Morgan fingerprint density at radius 1 is 1.29 bits per heavy atom. The van der Waals surface area contributed by atoms with Crippen LogP contribution in [0.3, 0.4) is 0 Å². The topological polar surface area (TPSA) is 40.5 Å². The average molecular weight is 236 g/mol. The highest BCUT2D eigenvalue weighted by Gasteiger charge is 2.21. The van der Waals surface area contributed by atoms with E-state index in [0.29, 0.717) is 19.3 Å². The van der Waals surface area contributed by atoms with E-state index in [4.69, 9.17) is 0 Å². The maximum atomic E-state index is 10.1. The van der Waals surface area contributed by atoms with Gasteiger partial charge in [0.1, 0.15) is 0 Å². The lowest BCUT2D eigenvalue weighted by Gasteiger charge is -2.24. The lowest BCUT2D eigenvalue weighted by atomic mass is 9.84. The second kappa shape index (κ2) is 5.65. The summed E-state index contributed by atoms with van der Waals surface area (Å²) in [7, 11) is 0. The Kier molecular flexibility index (Phi) is 4.72. The van der Waals surface area contributed by atoms with Crippen LogP contribution >= 0.6 is 0 Å². The summed E-state index contributed by atoms with van der Waals surface area (Å²) in [5.41, 5.74) is 1.72. The molecule has 0 fully saturated rings. The molecule has 0 bridgehead atoms. The minimum Gasteiger partial charge on any atom is -0.389 e. The van der Waals surface area contributed by atoms with Crippen LogP contribution in [-0.2, 0) is 0 Å². The molecule has 0 aliphatic heterocycles. The standard InChI is InChI=1S/C15H24O2/c1-11-6-5-9-15(3,4)10-14(17)12(2)7-8-13(11)16/h5,7,9,13-14,16-17H,1,6,8,10H2,2-4H3/b9-5+,12-7+/t13?,14-/m0/s1. The van der Waals surface area contributed by atoms with E-state index in [1.165, 1.54) is 0 Å². The third-order valence-corrected chi connectivity index (χ3v) is 3.33. The third-order valence-electron chi connectivity index (χ3n) is 3.33. The van der Waals surface area contributed by atoms with E-state index in [9.17, 15) is 10.2 Å². The third kappa shape index (κ3) is 4.49. The summed E-state index contributed by atoms with van der Waals surface area (Å²) in [5, 5.41) is 19.9. The molecule has 0 saturated carbocycles. The molecule has 0 saturated heterocycles. The fourth-order valence-electron chi connectivity index (χ4n) is 1.99. The first-order chi connectivity index (χ1) is 7.82. The number of aliphatic hydroxyl groups excluding tert-OH is 2. The van der Waals surface area contributed by atoms with Crippen molar-refractivity contribution in [2.75, 3.05) is 0 Å². The zero-order chi connectivity index (χ0) is 13.1. The lowest BCUT2D eigenvalue weighted by Crippen LogP contribution is -2.19. The molecule has 0 aromatic heterocycles. The Bertz CT molecular complexity index is 337. The van der Waals surface area contributed by atoms with Crippen LogP contribution in [0.4, 0.5) is 0 Å². The fraction of sp³-hybridized carbons (Fsp3) is 0.600. The van der Waals surface area contributed by atoms with Crippen LogP contribution in [0.1, 0.15) is 40.0 Å². The van der Waals surface area contributed by atoms with Crippen LogP contribution in [0.5, 0.6) is 0 Å². The van der Waals surface area contributed by atoms with Gasteiger partial charge in [-0.05, 0) is 42.7 Å². The molecule has 0 aromatic carbocycles. The van der Waals surface area contributed by atoms with E-state index >= 15 is 0 Å². The maximum absolute atomic E-state index is 10.1. The quantitative estimate of drug-likeness (QED) is 0.635. The highest BCUT2D eigenvalue weighted by Crippen LogP contribution is 2.28. The van der Waals surface area contributed by atoms with E-state index in [1.54, 1.807) is 0 Å². The molecular formula is C15H24O2. The first-order valence-corrected chi connectivity index (χ1v) is 6.20. The molecule has 96 valence electrons. The van der Waals surface area contributed by atoms with Gasteiger partial charge >= 0.3 is 0 Å². The van der Waals surface area contributed by atoms with Crippen molar-refractivity contribution in [3.63, 3.8) is 0 Å². The van der Waals surface area contributed by atoms with Gasteiger partial charge in [-0.25, -0.2) is 0 Å². The molecule has 2 atom stereocenters. The molecule has 2 nitrogen and oxygen atoms in total. The average Bonchev–Trinajstić information content (AvgIpc) is 2.23. The van der Waals surface area contributed by atoms with Gasteiger partial charge in [-0.2, -0.15) is 0 Å². The number of allylic oxidation sites excluding steroid dienone is 2. The zero-order valence-corrected chi connectivity index (χ0v) is 11.1. The van der Waals surface area contributed by atoms with Crippen molar-refractivity contribution in [1.29, 1.82) is 0 Å². The largest absolute Gasteiger partial charge is 0.389 e. The predicted octanol–water partition coefficient (Wildman–Crippen LogP) is 2.98. The first-order valence-electron chi connectivity index (χ1n) is 6.20. The molecule has 1 rings (SSSR count). The van der Waals surface area contributed by atoms with Gasteiger partial charge in [-0.3, -0.25) is 0 Å². The molecule has 0 aromatic rings. The molecule has 2 N–H and O–H groups in total. The molecule has 0 spiro atoms. The SMILES string of the molecule is C=C1C/C=C/C(C)(C)C[C@H](O)/C(C)=C/CC1O. The molecule has 0 amide bonds. The molecule has 0 heterocycles. The van der Waals surface area contributed by atoms with Gasteiger partial charge in [0.25, 0.3) is 0 Å². The molecule has 2 heteroatoms. The molecule has 1 aliphatic rings. The van der Waals surface area contributed by atoms with Crippen LogP contribution in [0, 0.1) is 5.41 Å². The fourth-order valence-corrected chi connectivity index (χ4v) is 1.99. The number of aliphatic hydroxyl groups is 2. The molecule has 0 radical (unpaired) electrons. The van der Waals surface area contributed by atoms with Crippen molar-refractivity contribution in [3.05, 3.63) is 36.0 Å². The predicted molar refractivity (Wildman–Crippen MR) is 71.7 cm³/mol. The van der Waals surface area contributed by atoms with Crippen molar-refractivity contribution in [3.8, 4) is 0 Å². The Labute approximate surface area is 104 Å². The Morgan fingerprint density at radius 2 is 1.94 bits per heavy atom. The summed E-state index contributed by atoms with van der Waals surface area (Å²) < 4.78 is 0. The van der Waals surface area contributed by atoms with Crippen LogP contribution < -0.4 is 0 Å². The zero-order valence-electron chi connectivity index (χ0n) is 11.1. The summed E-state index contributed by atoms with van der Waals surface area (Å²) in [5.74, 6) is 0. The van der Waals surface area contributed by atoms with Gasteiger partial charge in [0.05, 0.1) is 12.2 Å².